The van der Waals surface area contributed by atoms with E-state index in [-0.39, 0.29) is 5.41 Å². The molecule has 0 saturated heterocycles. The van der Waals surface area contributed by atoms with E-state index in [9.17, 15) is 0 Å². The van der Waals surface area contributed by atoms with Crippen molar-refractivity contribution in [3.63, 3.8) is 0 Å². The summed E-state index contributed by atoms with van der Waals surface area (Å²) in [4.78, 5) is 4.56. The normalized spacial score (nSPS) is 17.8. The van der Waals surface area contributed by atoms with Crippen LogP contribution in [0.15, 0.2) is 5.38 Å². The Hall–Kier alpha value is 0.210. The van der Waals surface area contributed by atoms with Crippen LogP contribution in [0.4, 0.5) is 0 Å². The van der Waals surface area contributed by atoms with E-state index in [2.05, 4.69) is 10.4 Å². The molecule has 1 fully saturated rings. The molecule has 1 aliphatic rings. The van der Waals surface area contributed by atoms with Gasteiger partial charge in [0.1, 0.15) is 0 Å². The van der Waals surface area contributed by atoms with Crippen molar-refractivity contribution in [2.24, 2.45) is 11.3 Å². The molecule has 2 rings (SSSR count). The van der Waals surface area contributed by atoms with Crippen LogP contribution in [0.5, 0.6) is 0 Å². The molecule has 0 bridgehead atoms. The number of aryl methyl sites for hydroxylation is 1. The summed E-state index contributed by atoms with van der Waals surface area (Å²) < 4.78 is 0. The van der Waals surface area contributed by atoms with Crippen LogP contribution in [-0.2, 0) is 6.42 Å². The maximum Gasteiger partial charge on any atom is 0.0934 e. The number of nitrogens with zero attached hydrogens (tertiary/aromatic N) is 1. The third kappa shape index (κ3) is 2.97. The Kier molecular flexibility index (Phi) is 4.73. The van der Waals surface area contributed by atoms with Crippen molar-refractivity contribution < 1.29 is 0 Å². The van der Waals surface area contributed by atoms with Gasteiger partial charge in [-0.2, -0.15) is 0 Å². The minimum absolute atomic E-state index is 0.0594. The fourth-order valence-electron chi connectivity index (χ4n) is 2.82. The maximum absolute atomic E-state index is 6.25. The Morgan fingerprint density at radius 3 is 2.47 bits per heavy atom. The molecular weight excluding hydrogens is 273 g/mol. The second-order valence-electron chi connectivity index (χ2n) is 5.17. The van der Waals surface area contributed by atoms with Gasteiger partial charge in [0.15, 0.2) is 0 Å². The van der Waals surface area contributed by atoms with Crippen molar-refractivity contribution in [3.8, 4) is 0 Å². The van der Waals surface area contributed by atoms with Crippen LogP contribution in [0.2, 0.25) is 0 Å². The topological polar surface area (TPSA) is 12.9 Å². The molecule has 0 radical (unpaired) electrons. The third-order valence-electron chi connectivity index (χ3n) is 3.92. The monoisotopic (exact) mass is 291 g/mol. The first kappa shape index (κ1) is 13.6. The van der Waals surface area contributed by atoms with Crippen LogP contribution in [0.25, 0.3) is 0 Å². The molecule has 1 aliphatic carbocycles. The molecule has 1 nitrogen and oxygen atoms in total. The Balaban J connectivity index is 2.15. The van der Waals surface area contributed by atoms with Gasteiger partial charge in [-0.1, -0.05) is 12.8 Å². The lowest BCUT2D eigenvalue weighted by molar-refractivity contribution is 0.225. The molecule has 1 aromatic rings. The first-order chi connectivity index (χ1) is 8.20. The van der Waals surface area contributed by atoms with E-state index in [4.69, 9.17) is 23.2 Å². The molecule has 1 aromatic heterocycles. The van der Waals surface area contributed by atoms with E-state index in [1.165, 1.54) is 30.7 Å². The number of aromatic nitrogens is 1. The predicted molar refractivity (Wildman–Crippen MR) is 76.4 cm³/mol. The number of halogens is 2. The summed E-state index contributed by atoms with van der Waals surface area (Å²) >= 11 is 14.2. The molecule has 17 heavy (non-hydrogen) atoms. The van der Waals surface area contributed by atoms with Gasteiger partial charge in [-0.05, 0) is 25.7 Å². The van der Waals surface area contributed by atoms with E-state index in [0.717, 1.165) is 12.1 Å². The highest BCUT2D eigenvalue weighted by molar-refractivity contribution is 7.09. The maximum atomic E-state index is 6.25. The number of alkyl halides is 2. The minimum Gasteiger partial charge on any atom is -0.247 e. The molecule has 1 saturated carbocycles. The Bertz CT molecular complexity index is 354. The van der Waals surface area contributed by atoms with Crippen molar-refractivity contribution in [1.29, 1.82) is 0 Å². The lowest BCUT2D eigenvalue weighted by Gasteiger charge is -2.35. The fourth-order valence-corrected chi connectivity index (χ4v) is 4.65. The smallest absolute Gasteiger partial charge is 0.0934 e. The van der Waals surface area contributed by atoms with E-state index in [0.29, 0.717) is 17.7 Å². The van der Waals surface area contributed by atoms with Gasteiger partial charge in [0, 0.05) is 34.7 Å². The lowest BCUT2D eigenvalue weighted by Crippen LogP contribution is -2.35. The van der Waals surface area contributed by atoms with Crippen LogP contribution in [0, 0.1) is 18.3 Å². The largest absolute Gasteiger partial charge is 0.247 e. The number of hydrogen-bond donors (Lipinski definition) is 0. The van der Waals surface area contributed by atoms with Gasteiger partial charge in [0.25, 0.3) is 0 Å². The molecule has 4 heteroatoms. The summed E-state index contributed by atoms with van der Waals surface area (Å²) in [6, 6.07) is 0. The van der Waals surface area contributed by atoms with Crippen LogP contribution in [-0.4, -0.2) is 16.7 Å². The van der Waals surface area contributed by atoms with Gasteiger partial charge in [-0.3, -0.25) is 0 Å². The van der Waals surface area contributed by atoms with Crippen LogP contribution in [0.3, 0.4) is 0 Å². The highest BCUT2D eigenvalue weighted by Gasteiger charge is 2.39. The van der Waals surface area contributed by atoms with Gasteiger partial charge in [0.2, 0.25) is 0 Å². The van der Waals surface area contributed by atoms with E-state index in [1.807, 2.05) is 6.92 Å². The SMILES string of the molecule is Cc1csc(CC(CCl)(CCl)C2CCCC2)n1. The minimum atomic E-state index is 0.0594. The molecule has 96 valence electrons. The van der Waals surface area contributed by atoms with E-state index < -0.39 is 0 Å². The number of hydrogen-bond acceptors (Lipinski definition) is 2. The van der Waals surface area contributed by atoms with E-state index >= 15 is 0 Å². The zero-order valence-corrected chi connectivity index (χ0v) is 12.5. The highest BCUT2D eigenvalue weighted by atomic mass is 35.5. The van der Waals surface area contributed by atoms with Crippen molar-refractivity contribution in [1.82, 2.24) is 4.98 Å². The molecule has 0 aromatic carbocycles. The molecule has 0 atom stereocenters. The molecular formula is C13H19Cl2NS. The number of thiazole rings is 1. The summed E-state index contributed by atoms with van der Waals surface area (Å²) in [5.74, 6) is 1.99. The third-order valence-corrected chi connectivity index (χ3v) is 5.95. The molecule has 0 N–H and O–H groups in total. The molecule has 0 amide bonds. The predicted octanol–water partition coefficient (Wildman–Crippen LogP) is 4.65. The van der Waals surface area contributed by atoms with Crippen LogP contribution < -0.4 is 0 Å². The average Bonchev–Trinajstić information content (AvgIpc) is 2.98. The van der Waals surface area contributed by atoms with Crippen LogP contribution >= 0.6 is 34.5 Å². The van der Waals surface area contributed by atoms with Crippen molar-refractivity contribution in [2.45, 2.75) is 39.0 Å². The fraction of sp³-hybridized carbons (Fsp3) is 0.769. The summed E-state index contributed by atoms with van der Waals surface area (Å²) in [6.07, 6.45) is 6.17. The molecule has 1 heterocycles. The summed E-state index contributed by atoms with van der Waals surface area (Å²) in [7, 11) is 0. The van der Waals surface area contributed by atoms with Crippen molar-refractivity contribution >= 4 is 34.5 Å². The van der Waals surface area contributed by atoms with Gasteiger partial charge in [-0.25, -0.2) is 4.98 Å². The number of rotatable bonds is 5. The van der Waals surface area contributed by atoms with Crippen LogP contribution in [0.1, 0.15) is 36.4 Å². The lowest BCUT2D eigenvalue weighted by atomic mass is 9.75. The van der Waals surface area contributed by atoms with Gasteiger partial charge < -0.3 is 0 Å². The van der Waals surface area contributed by atoms with Crippen molar-refractivity contribution in [2.75, 3.05) is 11.8 Å². The zero-order chi connectivity index (χ0) is 12.3. The quantitative estimate of drug-likeness (QED) is 0.720. The second kappa shape index (κ2) is 5.90. The average molecular weight is 292 g/mol. The summed E-state index contributed by atoms with van der Waals surface area (Å²) in [5.41, 5.74) is 1.17. The Morgan fingerprint density at radius 2 is 2.00 bits per heavy atom. The highest BCUT2D eigenvalue weighted by Crippen LogP contribution is 2.44. The Labute approximate surface area is 118 Å². The standard InChI is InChI=1S/C13H19Cl2NS/c1-10-7-17-12(16-10)6-13(8-14,9-15)11-4-2-3-5-11/h7,11H,2-6,8-9H2,1H3. The van der Waals surface area contributed by atoms with E-state index in [1.54, 1.807) is 11.3 Å². The second-order valence-corrected chi connectivity index (χ2v) is 6.65. The van der Waals surface area contributed by atoms with Gasteiger partial charge >= 0.3 is 0 Å². The molecule has 0 spiro atoms. The first-order valence-corrected chi connectivity index (χ1v) is 8.18. The summed E-state index contributed by atoms with van der Waals surface area (Å²) in [5, 5.41) is 3.30. The van der Waals surface area contributed by atoms with Gasteiger partial charge in [-0.15, -0.1) is 34.5 Å². The van der Waals surface area contributed by atoms with Crippen molar-refractivity contribution in [3.05, 3.63) is 16.1 Å². The Morgan fingerprint density at radius 1 is 1.35 bits per heavy atom. The first-order valence-electron chi connectivity index (χ1n) is 6.23. The summed E-state index contributed by atoms with van der Waals surface area (Å²) in [6.45, 7) is 2.04. The molecule has 0 aliphatic heterocycles. The van der Waals surface area contributed by atoms with Gasteiger partial charge in [0.05, 0.1) is 5.01 Å². The molecule has 0 unspecified atom stereocenters. The zero-order valence-electron chi connectivity index (χ0n) is 10.2.